The topological polar surface area (TPSA) is 58.9 Å². The predicted octanol–water partition coefficient (Wildman–Crippen LogP) is 1.59. The fourth-order valence-electron chi connectivity index (χ4n) is 1.36. The van der Waals surface area contributed by atoms with Crippen LogP contribution in [-0.4, -0.2) is 24.8 Å². The molecule has 0 aliphatic rings. The maximum absolute atomic E-state index is 10.1. The van der Waals surface area contributed by atoms with Gasteiger partial charge in [0.2, 0.25) is 6.08 Å². The van der Waals surface area contributed by atoms with Gasteiger partial charge in [-0.05, 0) is 13.0 Å². The second-order valence-corrected chi connectivity index (χ2v) is 3.36. The molecule has 0 aliphatic heterocycles. The number of benzene rings is 1. The Morgan fingerprint density at radius 3 is 2.73 bits per heavy atom. The van der Waals surface area contributed by atoms with Crippen molar-refractivity contribution in [3.63, 3.8) is 0 Å². The SMILES string of the molecule is COC(C)(CN=C=O)c1ccccc1O. The smallest absolute Gasteiger partial charge is 0.235 e. The number of phenols is 1. The molecule has 4 heteroatoms. The van der Waals surface area contributed by atoms with E-state index in [1.807, 2.05) is 0 Å². The number of aliphatic imine (C=N–C) groups is 1. The summed E-state index contributed by atoms with van der Waals surface area (Å²) in [6, 6.07) is 6.81. The number of hydrogen-bond donors (Lipinski definition) is 1. The number of aromatic hydroxyl groups is 1. The van der Waals surface area contributed by atoms with Crippen LogP contribution in [0.15, 0.2) is 29.3 Å². The molecule has 0 radical (unpaired) electrons. The minimum absolute atomic E-state index is 0.128. The molecular weight excluding hydrogens is 194 g/mol. The first-order valence-electron chi connectivity index (χ1n) is 4.51. The second-order valence-electron chi connectivity index (χ2n) is 3.36. The first-order chi connectivity index (χ1) is 7.14. The largest absolute Gasteiger partial charge is 0.508 e. The quantitative estimate of drug-likeness (QED) is 0.602. The Morgan fingerprint density at radius 2 is 2.20 bits per heavy atom. The first-order valence-corrected chi connectivity index (χ1v) is 4.51. The monoisotopic (exact) mass is 207 g/mol. The highest BCUT2D eigenvalue weighted by molar-refractivity contribution is 5.38. The molecule has 4 nitrogen and oxygen atoms in total. The van der Waals surface area contributed by atoms with E-state index >= 15 is 0 Å². The Labute approximate surface area is 88.2 Å². The van der Waals surface area contributed by atoms with Crippen LogP contribution in [-0.2, 0) is 15.1 Å². The second kappa shape index (κ2) is 4.73. The average molecular weight is 207 g/mol. The van der Waals surface area contributed by atoms with Crippen molar-refractivity contribution in [2.45, 2.75) is 12.5 Å². The minimum atomic E-state index is -0.803. The summed E-state index contributed by atoms with van der Waals surface area (Å²) in [5.41, 5.74) is -0.200. The lowest BCUT2D eigenvalue weighted by atomic mass is 9.95. The van der Waals surface area contributed by atoms with E-state index in [1.165, 1.54) is 13.2 Å². The maximum atomic E-state index is 10.1. The fourth-order valence-corrected chi connectivity index (χ4v) is 1.36. The van der Waals surface area contributed by atoms with Gasteiger partial charge in [-0.2, -0.15) is 0 Å². The number of hydrogen-bond acceptors (Lipinski definition) is 4. The van der Waals surface area contributed by atoms with E-state index in [1.54, 1.807) is 31.2 Å². The van der Waals surface area contributed by atoms with Crippen LogP contribution in [0.2, 0.25) is 0 Å². The van der Waals surface area contributed by atoms with Gasteiger partial charge >= 0.3 is 0 Å². The van der Waals surface area contributed by atoms with Crippen LogP contribution in [0, 0.1) is 0 Å². The Bertz CT molecular complexity index is 385. The van der Waals surface area contributed by atoms with E-state index in [9.17, 15) is 9.90 Å². The molecule has 1 aromatic rings. The van der Waals surface area contributed by atoms with Crippen molar-refractivity contribution < 1.29 is 14.6 Å². The predicted molar refractivity (Wildman–Crippen MR) is 55.5 cm³/mol. The van der Waals surface area contributed by atoms with Crippen molar-refractivity contribution in [1.29, 1.82) is 0 Å². The van der Waals surface area contributed by atoms with Crippen LogP contribution in [0.5, 0.6) is 5.75 Å². The molecule has 0 fully saturated rings. The number of rotatable bonds is 4. The zero-order valence-corrected chi connectivity index (χ0v) is 8.73. The fraction of sp³-hybridized carbons (Fsp3) is 0.364. The molecule has 0 spiro atoms. The number of phenolic OH excluding ortho intramolecular Hbond substituents is 1. The van der Waals surface area contributed by atoms with Gasteiger partial charge in [-0.3, -0.25) is 0 Å². The van der Waals surface area contributed by atoms with Crippen LogP contribution in [0.3, 0.4) is 0 Å². The lowest BCUT2D eigenvalue weighted by Gasteiger charge is -2.26. The van der Waals surface area contributed by atoms with Crippen molar-refractivity contribution in [2.24, 2.45) is 4.99 Å². The lowest BCUT2D eigenvalue weighted by molar-refractivity contribution is 0.00874. The van der Waals surface area contributed by atoms with Crippen molar-refractivity contribution in [3.05, 3.63) is 29.8 Å². The third-order valence-electron chi connectivity index (χ3n) is 2.37. The van der Waals surface area contributed by atoms with E-state index in [0.717, 1.165) is 0 Å². The summed E-state index contributed by atoms with van der Waals surface area (Å²) in [5, 5.41) is 9.66. The molecule has 1 unspecified atom stereocenters. The van der Waals surface area contributed by atoms with Gasteiger partial charge < -0.3 is 9.84 Å². The Balaban J connectivity index is 3.10. The molecule has 1 N–H and O–H groups in total. The molecule has 15 heavy (non-hydrogen) atoms. The van der Waals surface area contributed by atoms with E-state index in [4.69, 9.17) is 4.74 Å². The maximum Gasteiger partial charge on any atom is 0.235 e. The van der Waals surface area contributed by atoms with E-state index in [2.05, 4.69) is 4.99 Å². The Morgan fingerprint density at radius 1 is 1.53 bits per heavy atom. The average Bonchev–Trinajstić information content (AvgIpc) is 2.26. The van der Waals surface area contributed by atoms with Crippen LogP contribution in [0.25, 0.3) is 0 Å². The summed E-state index contributed by atoms with van der Waals surface area (Å²) >= 11 is 0. The van der Waals surface area contributed by atoms with Gasteiger partial charge in [0.25, 0.3) is 0 Å². The van der Waals surface area contributed by atoms with E-state index < -0.39 is 5.60 Å². The van der Waals surface area contributed by atoms with Gasteiger partial charge in [0.05, 0.1) is 6.54 Å². The van der Waals surface area contributed by atoms with Crippen LogP contribution < -0.4 is 0 Å². The first kappa shape index (κ1) is 11.4. The number of para-hydroxylation sites is 1. The van der Waals surface area contributed by atoms with Crippen LogP contribution in [0.1, 0.15) is 12.5 Å². The minimum Gasteiger partial charge on any atom is -0.508 e. The molecule has 0 heterocycles. The van der Waals surface area contributed by atoms with Gasteiger partial charge in [-0.1, -0.05) is 18.2 Å². The number of methoxy groups -OCH3 is 1. The highest BCUT2D eigenvalue weighted by Crippen LogP contribution is 2.31. The van der Waals surface area contributed by atoms with Crippen molar-refractivity contribution in [3.8, 4) is 5.75 Å². The molecule has 1 atom stereocenters. The molecule has 0 saturated carbocycles. The highest BCUT2D eigenvalue weighted by atomic mass is 16.5. The Kier molecular flexibility index (Phi) is 3.61. The van der Waals surface area contributed by atoms with E-state index in [0.29, 0.717) is 5.56 Å². The normalized spacial score (nSPS) is 14.0. The zero-order chi connectivity index (χ0) is 11.3. The van der Waals surface area contributed by atoms with Crippen molar-refractivity contribution >= 4 is 6.08 Å². The zero-order valence-electron chi connectivity index (χ0n) is 8.73. The molecular formula is C11H13NO3. The molecule has 0 aliphatic carbocycles. The summed E-state index contributed by atoms with van der Waals surface area (Å²) < 4.78 is 5.27. The van der Waals surface area contributed by atoms with Gasteiger partial charge in [-0.15, -0.1) is 0 Å². The molecule has 0 bridgehead atoms. The number of isocyanates is 1. The number of nitrogens with zero attached hydrogens (tertiary/aromatic N) is 1. The van der Waals surface area contributed by atoms with Gasteiger partial charge in [0, 0.05) is 12.7 Å². The summed E-state index contributed by atoms with van der Waals surface area (Å²) in [7, 11) is 1.51. The summed E-state index contributed by atoms with van der Waals surface area (Å²) in [4.78, 5) is 13.6. The Hall–Kier alpha value is -1.64. The van der Waals surface area contributed by atoms with Crippen molar-refractivity contribution in [2.75, 3.05) is 13.7 Å². The van der Waals surface area contributed by atoms with Gasteiger partial charge in [0.15, 0.2) is 0 Å². The number of ether oxygens (including phenoxy) is 1. The molecule has 1 rings (SSSR count). The van der Waals surface area contributed by atoms with E-state index in [-0.39, 0.29) is 12.3 Å². The summed E-state index contributed by atoms with van der Waals surface area (Å²) in [6.07, 6.45) is 1.46. The molecule has 0 amide bonds. The van der Waals surface area contributed by atoms with Crippen LogP contribution in [0.4, 0.5) is 0 Å². The molecule has 80 valence electrons. The van der Waals surface area contributed by atoms with Gasteiger partial charge in [0.1, 0.15) is 11.4 Å². The molecule has 1 aromatic carbocycles. The third kappa shape index (κ3) is 2.43. The lowest BCUT2D eigenvalue weighted by Crippen LogP contribution is -2.28. The standard InChI is InChI=1S/C11H13NO3/c1-11(15-2,7-12-8-13)9-5-3-4-6-10(9)14/h3-6,14H,7H2,1-2H3. The van der Waals surface area contributed by atoms with Gasteiger partial charge in [-0.25, -0.2) is 9.79 Å². The third-order valence-corrected chi connectivity index (χ3v) is 2.37. The molecule has 0 saturated heterocycles. The van der Waals surface area contributed by atoms with Crippen molar-refractivity contribution in [1.82, 2.24) is 0 Å². The molecule has 0 aromatic heterocycles. The highest BCUT2D eigenvalue weighted by Gasteiger charge is 2.28. The summed E-state index contributed by atoms with van der Waals surface area (Å²) in [5.74, 6) is 0.128. The summed E-state index contributed by atoms with van der Waals surface area (Å²) in [6.45, 7) is 1.88. The number of carbonyl (C=O) groups excluding carboxylic acids is 1. The van der Waals surface area contributed by atoms with Crippen LogP contribution >= 0.6 is 0 Å².